The summed E-state index contributed by atoms with van der Waals surface area (Å²) in [6, 6.07) is 25.1. The lowest BCUT2D eigenvalue weighted by atomic mass is 10.1. The van der Waals surface area contributed by atoms with Crippen LogP contribution in [0.25, 0.3) is 10.8 Å². The van der Waals surface area contributed by atoms with Gasteiger partial charge >= 0.3 is 0 Å². The molecule has 2 atom stereocenters. The predicted molar refractivity (Wildman–Crippen MR) is 101 cm³/mol. The minimum atomic E-state index is 0.00987. The zero-order chi connectivity index (χ0) is 16.5. The van der Waals surface area contributed by atoms with Gasteiger partial charge in [0.05, 0.1) is 5.25 Å². The average molecular weight is 333 g/mol. The quantitative estimate of drug-likeness (QED) is 0.672. The highest BCUT2D eigenvalue weighted by Gasteiger charge is 2.38. The van der Waals surface area contributed by atoms with Crippen molar-refractivity contribution < 1.29 is 4.79 Å². The van der Waals surface area contributed by atoms with E-state index >= 15 is 0 Å². The summed E-state index contributed by atoms with van der Waals surface area (Å²) in [5.74, 6) is 0.224. The van der Waals surface area contributed by atoms with Crippen LogP contribution in [0.5, 0.6) is 0 Å². The smallest absolute Gasteiger partial charge is 0.236 e. The van der Waals surface area contributed by atoms with E-state index in [-0.39, 0.29) is 16.5 Å². The van der Waals surface area contributed by atoms with Gasteiger partial charge in [-0.2, -0.15) is 0 Å². The highest BCUT2D eigenvalue weighted by Crippen LogP contribution is 2.43. The lowest BCUT2D eigenvalue weighted by Gasteiger charge is -2.24. The summed E-state index contributed by atoms with van der Waals surface area (Å²) in [5, 5.41) is 2.56. The Morgan fingerprint density at radius 2 is 1.62 bits per heavy atom. The third-order valence-electron chi connectivity index (χ3n) is 4.50. The lowest BCUT2D eigenvalue weighted by molar-refractivity contribution is -0.130. The van der Waals surface area contributed by atoms with Gasteiger partial charge < -0.3 is 4.90 Å². The molecule has 1 fully saturated rings. The molecule has 1 saturated heterocycles. The van der Waals surface area contributed by atoms with Crippen LogP contribution in [0.1, 0.15) is 23.4 Å². The molecule has 2 unspecified atom stereocenters. The number of hydrogen-bond donors (Lipinski definition) is 0. The van der Waals surface area contributed by atoms with Crippen molar-refractivity contribution in [3.8, 4) is 0 Å². The van der Waals surface area contributed by atoms with Crippen LogP contribution in [-0.4, -0.2) is 16.1 Å². The van der Waals surface area contributed by atoms with Gasteiger partial charge in [0.25, 0.3) is 0 Å². The Hall–Kier alpha value is -2.26. The number of nitrogens with zero attached hydrogens (tertiary/aromatic N) is 1. The second-order valence-corrected chi connectivity index (χ2v) is 7.61. The van der Waals surface area contributed by atoms with E-state index in [4.69, 9.17) is 0 Å². The summed E-state index contributed by atoms with van der Waals surface area (Å²) in [6.07, 6.45) is 0. The summed E-state index contributed by atoms with van der Waals surface area (Å²) >= 11 is 1.73. The molecule has 0 aromatic heterocycles. The summed E-state index contributed by atoms with van der Waals surface area (Å²) in [4.78, 5) is 14.7. The summed E-state index contributed by atoms with van der Waals surface area (Å²) < 4.78 is 0. The van der Waals surface area contributed by atoms with E-state index in [1.54, 1.807) is 11.8 Å². The monoisotopic (exact) mass is 333 g/mol. The number of fused-ring (bicyclic) bond motifs is 1. The van der Waals surface area contributed by atoms with Gasteiger partial charge in [0.2, 0.25) is 5.91 Å². The van der Waals surface area contributed by atoms with Crippen LogP contribution in [0.3, 0.4) is 0 Å². The average Bonchev–Trinajstić information content (AvgIpc) is 2.91. The van der Waals surface area contributed by atoms with Gasteiger partial charge in [-0.3, -0.25) is 4.79 Å². The molecule has 1 heterocycles. The number of benzene rings is 3. The highest BCUT2D eigenvalue weighted by atomic mass is 32.2. The molecular formula is C21H19NOS. The van der Waals surface area contributed by atoms with Crippen molar-refractivity contribution in [2.75, 3.05) is 0 Å². The van der Waals surface area contributed by atoms with Crippen molar-refractivity contribution >= 4 is 28.4 Å². The maximum absolute atomic E-state index is 12.7. The Morgan fingerprint density at radius 1 is 0.917 bits per heavy atom. The molecule has 0 saturated carbocycles. The second-order valence-electron chi connectivity index (χ2n) is 6.19. The number of amides is 1. The van der Waals surface area contributed by atoms with Crippen LogP contribution < -0.4 is 0 Å². The van der Waals surface area contributed by atoms with Gasteiger partial charge in [0.1, 0.15) is 5.37 Å². The number of rotatable bonds is 3. The standard InChI is InChI=1S/C21H19NOS/c1-15-20(23)22(21(24-15)18-8-3-2-4-9-18)14-16-11-12-17-7-5-6-10-19(17)13-16/h2-13,15,21H,14H2,1H3. The van der Waals surface area contributed by atoms with E-state index in [2.05, 4.69) is 54.6 Å². The van der Waals surface area contributed by atoms with Crippen molar-refractivity contribution in [1.82, 2.24) is 4.90 Å². The topological polar surface area (TPSA) is 20.3 Å². The van der Waals surface area contributed by atoms with E-state index in [0.29, 0.717) is 6.54 Å². The van der Waals surface area contributed by atoms with Gasteiger partial charge in [0, 0.05) is 6.54 Å². The Labute approximate surface area is 146 Å². The summed E-state index contributed by atoms with van der Waals surface area (Å²) in [7, 11) is 0. The van der Waals surface area contributed by atoms with E-state index < -0.39 is 0 Å². The number of carbonyl (C=O) groups is 1. The van der Waals surface area contributed by atoms with E-state index in [0.717, 1.165) is 0 Å². The van der Waals surface area contributed by atoms with Crippen LogP contribution in [0, 0.1) is 0 Å². The van der Waals surface area contributed by atoms with E-state index in [1.165, 1.54) is 21.9 Å². The van der Waals surface area contributed by atoms with Crippen molar-refractivity contribution in [1.29, 1.82) is 0 Å². The van der Waals surface area contributed by atoms with Crippen molar-refractivity contribution in [3.05, 3.63) is 83.9 Å². The molecule has 1 aliphatic heterocycles. The summed E-state index contributed by atoms with van der Waals surface area (Å²) in [5.41, 5.74) is 2.37. The maximum atomic E-state index is 12.7. The lowest BCUT2D eigenvalue weighted by Crippen LogP contribution is -2.29. The number of thioether (sulfide) groups is 1. The second kappa shape index (κ2) is 6.33. The first-order valence-corrected chi connectivity index (χ1v) is 9.15. The fourth-order valence-electron chi connectivity index (χ4n) is 3.24. The molecule has 0 spiro atoms. The summed E-state index contributed by atoms with van der Waals surface area (Å²) in [6.45, 7) is 2.66. The van der Waals surface area contributed by atoms with Crippen LogP contribution in [-0.2, 0) is 11.3 Å². The largest absolute Gasteiger partial charge is 0.321 e. The number of carbonyl (C=O) groups excluding carboxylic acids is 1. The molecule has 3 heteroatoms. The van der Waals surface area contributed by atoms with Gasteiger partial charge in [0.15, 0.2) is 0 Å². The molecule has 0 radical (unpaired) electrons. The molecule has 2 nitrogen and oxygen atoms in total. The third kappa shape index (κ3) is 2.80. The zero-order valence-corrected chi connectivity index (χ0v) is 14.4. The molecule has 0 aliphatic carbocycles. The minimum absolute atomic E-state index is 0.00987. The first kappa shape index (κ1) is 15.3. The Balaban J connectivity index is 1.66. The maximum Gasteiger partial charge on any atom is 0.236 e. The molecule has 4 rings (SSSR count). The zero-order valence-electron chi connectivity index (χ0n) is 13.6. The molecule has 0 N–H and O–H groups in total. The Morgan fingerprint density at radius 3 is 2.42 bits per heavy atom. The van der Waals surface area contributed by atoms with Crippen LogP contribution in [0.15, 0.2) is 72.8 Å². The molecule has 0 bridgehead atoms. The molecule has 3 aromatic carbocycles. The minimum Gasteiger partial charge on any atom is -0.321 e. The molecule has 120 valence electrons. The van der Waals surface area contributed by atoms with Gasteiger partial charge in [-0.25, -0.2) is 0 Å². The Kier molecular flexibility index (Phi) is 4.03. The third-order valence-corrected chi connectivity index (χ3v) is 5.89. The van der Waals surface area contributed by atoms with Crippen LogP contribution >= 0.6 is 11.8 Å². The molecular weight excluding hydrogens is 314 g/mol. The van der Waals surface area contributed by atoms with E-state index in [9.17, 15) is 4.79 Å². The Bertz CT molecular complexity index is 877. The van der Waals surface area contributed by atoms with Crippen LogP contribution in [0.2, 0.25) is 0 Å². The van der Waals surface area contributed by atoms with E-state index in [1.807, 2.05) is 30.0 Å². The molecule has 24 heavy (non-hydrogen) atoms. The number of hydrogen-bond acceptors (Lipinski definition) is 2. The molecule has 1 amide bonds. The van der Waals surface area contributed by atoms with Gasteiger partial charge in [-0.15, -0.1) is 11.8 Å². The van der Waals surface area contributed by atoms with Crippen molar-refractivity contribution in [3.63, 3.8) is 0 Å². The predicted octanol–water partition coefficient (Wildman–Crippen LogP) is 5.00. The van der Waals surface area contributed by atoms with Crippen molar-refractivity contribution in [2.24, 2.45) is 0 Å². The van der Waals surface area contributed by atoms with Crippen LogP contribution in [0.4, 0.5) is 0 Å². The molecule has 3 aromatic rings. The molecule has 1 aliphatic rings. The fraction of sp³-hybridized carbons (Fsp3) is 0.190. The van der Waals surface area contributed by atoms with Gasteiger partial charge in [-0.1, -0.05) is 66.7 Å². The SMILES string of the molecule is CC1SC(c2ccccc2)N(Cc2ccc3ccccc3c2)C1=O. The first-order chi connectivity index (χ1) is 11.7. The van der Waals surface area contributed by atoms with Crippen molar-refractivity contribution in [2.45, 2.75) is 24.1 Å². The van der Waals surface area contributed by atoms with Gasteiger partial charge in [-0.05, 0) is 34.9 Å². The normalized spacial score (nSPS) is 20.7. The highest BCUT2D eigenvalue weighted by molar-refractivity contribution is 8.01. The first-order valence-electron chi connectivity index (χ1n) is 8.21. The fourth-order valence-corrected chi connectivity index (χ4v) is 4.52.